The molecule has 2 aromatic rings. The second-order valence-electron chi connectivity index (χ2n) is 7.27. The number of ether oxygens (including phenoxy) is 1. The zero-order chi connectivity index (χ0) is 18.9. The Bertz CT molecular complexity index is 696. The van der Waals surface area contributed by atoms with Crippen molar-refractivity contribution in [1.29, 1.82) is 0 Å². The van der Waals surface area contributed by atoms with Gasteiger partial charge in [-0.2, -0.15) is 0 Å². The maximum absolute atomic E-state index is 5.65. The van der Waals surface area contributed by atoms with Crippen LogP contribution in [-0.4, -0.2) is 37.7 Å². The summed E-state index contributed by atoms with van der Waals surface area (Å²) >= 11 is 0. The van der Waals surface area contributed by atoms with Crippen LogP contribution >= 0.6 is 0 Å². The highest BCUT2D eigenvalue weighted by Crippen LogP contribution is 2.27. The van der Waals surface area contributed by atoms with E-state index in [1.54, 1.807) is 0 Å². The van der Waals surface area contributed by atoms with Gasteiger partial charge in [0.05, 0.1) is 6.61 Å². The van der Waals surface area contributed by atoms with Gasteiger partial charge in [-0.25, -0.2) is 0 Å². The minimum absolute atomic E-state index is 0.650. The fourth-order valence-electron chi connectivity index (χ4n) is 3.59. The van der Waals surface area contributed by atoms with Crippen molar-refractivity contribution in [3.8, 4) is 0 Å². The number of benzene rings is 2. The molecule has 2 aromatic carbocycles. The van der Waals surface area contributed by atoms with Gasteiger partial charge in [0.1, 0.15) is 0 Å². The van der Waals surface area contributed by atoms with Gasteiger partial charge in [-0.05, 0) is 68.6 Å². The predicted octanol–water partition coefficient (Wildman–Crippen LogP) is 4.65. The first kappa shape index (κ1) is 19.7. The Morgan fingerprint density at radius 2 is 1.67 bits per heavy atom. The second-order valence-corrected chi connectivity index (χ2v) is 7.27. The summed E-state index contributed by atoms with van der Waals surface area (Å²) in [5.74, 6) is 0. The monoisotopic (exact) mass is 367 g/mol. The van der Waals surface area contributed by atoms with Gasteiger partial charge in [-0.15, -0.1) is 0 Å². The molecule has 0 unspecified atom stereocenters. The van der Waals surface area contributed by atoms with Crippen molar-refractivity contribution in [2.75, 3.05) is 43.4 Å². The first-order valence-electron chi connectivity index (χ1n) is 10.2. The summed E-state index contributed by atoms with van der Waals surface area (Å²) in [6.07, 6.45) is 2.69. The van der Waals surface area contributed by atoms with Crippen LogP contribution in [0.15, 0.2) is 42.5 Å². The molecule has 1 aliphatic heterocycles. The van der Waals surface area contributed by atoms with Gasteiger partial charge in [0.2, 0.25) is 0 Å². The van der Waals surface area contributed by atoms with Crippen molar-refractivity contribution in [3.05, 3.63) is 59.2 Å². The van der Waals surface area contributed by atoms with E-state index in [1.165, 1.54) is 54.0 Å². The molecule has 3 rings (SSSR count). The van der Waals surface area contributed by atoms with E-state index in [9.17, 15) is 0 Å². The van der Waals surface area contributed by atoms with Crippen LogP contribution in [0.4, 0.5) is 11.4 Å². The normalized spacial score (nSPS) is 14.4. The summed E-state index contributed by atoms with van der Waals surface area (Å²) in [6, 6.07) is 15.0. The van der Waals surface area contributed by atoms with Gasteiger partial charge in [0, 0.05) is 37.6 Å². The molecular formula is C23H33N3O. The lowest BCUT2D eigenvalue weighted by Gasteiger charge is -2.19. The van der Waals surface area contributed by atoms with E-state index in [0.29, 0.717) is 6.61 Å². The Hall–Kier alpha value is -2.04. The molecule has 0 saturated carbocycles. The first-order valence-corrected chi connectivity index (χ1v) is 10.2. The van der Waals surface area contributed by atoms with Crippen LogP contribution in [-0.2, 0) is 17.9 Å². The quantitative estimate of drug-likeness (QED) is 0.641. The summed E-state index contributed by atoms with van der Waals surface area (Å²) in [4.78, 5) is 2.54. The van der Waals surface area contributed by atoms with E-state index >= 15 is 0 Å². The highest BCUT2D eigenvalue weighted by Gasteiger charge is 2.12. The maximum Gasteiger partial charge on any atom is 0.0718 e. The van der Waals surface area contributed by atoms with E-state index in [-0.39, 0.29) is 0 Å². The molecule has 2 N–H and O–H groups in total. The third-order valence-electron chi connectivity index (χ3n) is 5.21. The van der Waals surface area contributed by atoms with Crippen molar-refractivity contribution < 1.29 is 4.74 Å². The van der Waals surface area contributed by atoms with Crippen molar-refractivity contribution in [2.24, 2.45) is 0 Å². The molecule has 4 nitrogen and oxygen atoms in total. The van der Waals surface area contributed by atoms with Crippen LogP contribution in [0.1, 0.15) is 36.5 Å². The second kappa shape index (κ2) is 10.3. The fraction of sp³-hybridized carbons (Fsp3) is 0.478. The van der Waals surface area contributed by atoms with Crippen molar-refractivity contribution in [2.45, 2.75) is 39.8 Å². The molecule has 1 saturated heterocycles. The van der Waals surface area contributed by atoms with Crippen LogP contribution in [0.2, 0.25) is 0 Å². The highest BCUT2D eigenvalue weighted by molar-refractivity contribution is 5.67. The Morgan fingerprint density at radius 3 is 2.37 bits per heavy atom. The van der Waals surface area contributed by atoms with E-state index in [2.05, 4.69) is 64.9 Å². The molecule has 0 amide bonds. The van der Waals surface area contributed by atoms with E-state index in [1.807, 2.05) is 6.92 Å². The molecule has 0 aromatic heterocycles. The molecule has 0 bridgehead atoms. The number of rotatable bonds is 10. The van der Waals surface area contributed by atoms with Crippen LogP contribution in [0.5, 0.6) is 0 Å². The van der Waals surface area contributed by atoms with Crippen molar-refractivity contribution >= 4 is 11.4 Å². The Labute approximate surface area is 163 Å². The van der Waals surface area contributed by atoms with Gasteiger partial charge in [-0.1, -0.05) is 30.3 Å². The molecule has 146 valence electrons. The molecule has 4 heteroatoms. The lowest BCUT2D eigenvalue weighted by Crippen LogP contribution is -2.26. The van der Waals surface area contributed by atoms with Crippen LogP contribution in [0, 0.1) is 6.92 Å². The molecule has 0 atom stereocenters. The van der Waals surface area contributed by atoms with Gasteiger partial charge in [-0.3, -0.25) is 0 Å². The fourth-order valence-corrected chi connectivity index (χ4v) is 3.59. The van der Waals surface area contributed by atoms with Gasteiger partial charge in [0.15, 0.2) is 0 Å². The number of likely N-dealkylation sites (tertiary alicyclic amines) is 1. The van der Waals surface area contributed by atoms with Gasteiger partial charge in [0.25, 0.3) is 0 Å². The highest BCUT2D eigenvalue weighted by atomic mass is 16.5. The Kier molecular flexibility index (Phi) is 7.55. The maximum atomic E-state index is 5.65. The average molecular weight is 368 g/mol. The smallest absolute Gasteiger partial charge is 0.0718 e. The van der Waals surface area contributed by atoms with Crippen LogP contribution in [0.3, 0.4) is 0 Å². The Morgan fingerprint density at radius 1 is 0.963 bits per heavy atom. The van der Waals surface area contributed by atoms with E-state index in [4.69, 9.17) is 4.74 Å². The summed E-state index contributed by atoms with van der Waals surface area (Å²) in [5, 5.41) is 7.27. The zero-order valence-corrected chi connectivity index (χ0v) is 16.8. The standard InChI is InChI=1S/C23H33N3O/c1-3-27-18-21-15-22(24-11-14-26-12-7-8-13-26)19(2)23(16-21)25-17-20-9-5-4-6-10-20/h4-6,9-10,15-16,24-25H,3,7-8,11-14,17-18H2,1-2H3. The minimum atomic E-state index is 0.650. The van der Waals surface area contributed by atoms with Crippen molar-refractivity contribution in [3.63, 3.8) is 0 Å². The summed E-state index contributed by atoms with van der Waals surface area (Å²) in [6.45, 7) is 11.0. The predicted molar refractivity (Wildman–Crippen MR) is 114 cm³/mol. The lowest BCUT2D eigenvalue weighted by molar-refractivity contribution is 0.134. The molecule has 27 heavy (non-hydrogen) atoms. The summed E-state index contributed by atoms with van der Waals surface area (Å²) < 4.78 is 5.65. The number of nitrogens with one attached hydrogen (secondary N) is 2. The number of nitrogens with zero attached hydrogens (tertiary/aromatic N) is 1. The van der Waals surface area contributed by atoms with Crippen LogP contribution in [0.25, 0.3) is 0 Å². The largest absolute Gasteiger partial charge is 0.383 e. The molecule has 0 aliphatic carbocycles. The minimum Gasteiger partial charge on any atom is -0.383 e. The molecule has 0 radical (unpaired) electrons. The topological polar surface area (TPSA) is 36.5 Å². The molecule has 1 aliphatic rings. The third kappa shape index (κ3) is 5.98. The van der Waals surface area contributed by atoms with E-state index < -0.39 is 0 Å². The number of hydrogen-bond donors (Lipinski definition) is 2. The molecular weight excluding hydrogens is 334 g/mol. The summed E-state index contributed by atoms with van der Waals surface area (Å²) in [5.41, 5.74) is 6.16. The zero-order valence-electron chi connectivity index (χ0n) is 16.8. The third-order valence-corrected chi connectivity index (χ3v) is 5.21. The summed E-state index contributed by atoms with van der Waals surface area (Å²) in [7, 11) is 0. The average Bonchev–Trinajstić information content (AvgIpc) is 3.21. The van der Waals surface area contributed by atoms with Crippen molar-refractivity contribution in [1.82, 2.24) is 4.90 Å². The molecule has 1 fully saturated rings. The number of anilines is 2. The number of hydrogen-bond acceptors (Lipinski definition) is 4. The van der Waals surface area contributed by atoms with Gasteiger partial charge >= 0.3 is 0 Å². The SMILES string of the molecule is CCOCc1cc(NCCN2CCCC2)c(C)c(NCc2ccccc2)c1. The van der Waals surface area contributed by atoms with Crippen LogP contribution < -0.4 is 10.6 Å². The Balaban J connectivity index is 1.67. The van der Waals surface area contributed by atoms with Gasteiger partial charge < -0.3 is 20.3 Å². The van der Waals surface area contributed by atoms with E-state index in [0.717, 1.165) is 26.2 Å². The lowest BCUT2D eigenvalue weighted by atomic mass is 10.1. The molecule has 1 heterocycles. The molecule has 0 spiro atoms. The first-order chi connectivity index (χ1) is 13.3.